The van der Waals surface area contributed by atoms with Gasteiger partial charge in [-0.3, -0.25) is 14.9 Å². The van der Waals surface area contributed by atoms with E-state index in [0.717, 1.165) is 0 Å². The summed E-state index contributed by atoms with van der Waals surface area (Å²) in [6, 6.07) is 2.51. The van der Waals surface area contributed by atoms with Gasteiger partial charge in [0.2, 0.25) is 0 Å². The Morgan fingerprint density at radius 3 is 2.67 bits per heavy atom. The molecule has 1 heterocycles. The minimum Gasteiger partial charge on any atom is -0.296 e. The molecule has 0 saturated heterocycles. The van der Waals surface area contributed by atoms with E-state index in [9.17, 15) is 14.9 Å². The zero-order valence-electron chi connectivity index (χ0n) is 5.73. The molecule has 0 radical (unpaired) electrons. The second-order valence-corrected chi connectivity index (χ2v) is 2.67. The number of rotatable bonds is 2. The molecule has 12 heavy (non-hydrogen) atoms. The Labute approximate surface area is 75.7 Å². The molecule has 0 aliphatic heterocycles. The second kappa shape index (κ2) is 3.40. The number of nitrogens with zero attached hydrogens (tertiary/aromatic N) is 2. The number of carbonyl (C=O) groups excluding carboxylic acids is 1. The topological polar surface area (TPSA) is 73.1 Å². The van der Waals surface area contributed by atoms with E-state index in [0.29, 0.717) is 6.29 Å². The number of pyridine rings is 1. The lowest BCUT2D eigenvalue weighted by atomic mass is 10.3. The van der Waals surface area contributed by atoms with Crippen molar-refractivity contribution in [1.82, 2.24) is 4.98 Å². The minimum atomic E-state index is -0.578. The van der Waals surface area contributed by atoms with E-state index in [-0.39, 0.29) is 16.0 Å². The van der Waals surface area contributed by atoms with Crippen LogP contribution < -0.4 is 0 Å². The van der Waals surface area contributed by atoms with Gasteiger partial charge in [-0.25, -0.2) is 4.98 Å². The summed E-state index contributed by atoms with van der Waals surface area (Å²) in [6.45, 7) is 0. The monoisotopic (exact) mass is 230 g/mol. The van der Waals surface area contributed by atoms with Gasteiger partial charge in [-0.05, 0) is 22.0 Å². The summed E-state index contributed by atoms with van der Waals surface area (Å²) in [7, 11) is 0. The van der Waals surface area contributed by atoms with Crippen LogP contribution in [0.25, 0.3) is 0 Å². The van der Waals surface area contributed by atoms with Crippen LogP contribution in [0.4, 0.5) is 5.69 Å². The number of hydrogen-bond acceptors (Lipinski definition) is 4. The molecule has 0 amide bonds. The van der Waals surface area contributed by atoms with E-state index in [1.54, 1.807) is 0 Å². The van der Waals surface area contributed by atoms with E-state index in [4.69, 9.17) is 0 Å². The van der Waals surface area contributed by atoms with Crippen LogP contribution in [0.5, 0.6) is 0 Å². The van der Waals surface area contributed by atoms with Gasteiger partial charge in [0.15, 0.2) is 10.9 Å². The first-order valence-electron chi connectivity index (χ1n) is 2.91. The van der Waals surface area contributed by atoms with Crippen LogP contribution in [0.2, 0.25) is 0 Å². The molecule has 0 aromatic carbocycles. The third-order valence-electron chi connectivity index (χ3n) is 1.17. The van der Waals surface area contributed by atoms with Crippen LogP contribution in [0.1, 0.15) is 10.5 Å². The Kier molecular flexibility index (Phi) is 2.49. The summed E-state index contributed by atoms with van der Waals surface area (Å²) in [6.07, 6.45) is 0.522. The Bertz CT molecular complexity index is 340. The third kappa shape index (κ3) is 1.65. The van der Waals surface area contributed by atoms with E-state index in [1.165, 1.54) is 12.1 Å². The molecule has 0 unspecified atom stereocenters. The van der Waals surface area contributed by atoms with Crippen molar-refractivity contribution in [2.24, 2.45) is 0 Å². The van der Waals surface area contributed by atoms with Crippen molar-refractivity contribution < 1.29 is 9.72 Å². The molecule has 6 heteroatoms. The molecule has 0 saturated carbocycles. The Morgan fingerprint density at radius 1 is 1.58 bits per heavy atom. The highest BCUT2D eigenvalue weighted by atomic mass is 79.9. The minimum absolute atomic E-state index is 0.0668. The van der Waals surface area contributed by atoms with Gasteiger partial charge in [0.05, 0.1) is 4.92 Å². The SMILES string of the molecule is O=Cc1ccc([N+](=O)[O-])c(Br)n1. The van der Waals surface area contributed by atoms with Crippen LogP contribution in [0.15, 0.2) is 16.7 Å². The lowest BCUT2D eigenvalue weighted by Gasteiger charge is -1.93. The lowest BCUT2D eigenvalue weighted by Crippen LogP contribution is -1.94. The average molecular weight is 231 g/mol. The molecule has 0 aliphatic carbocycles. The molecule has 1 aromatic rings. The van der Waals surface area contributed by atoms with E-state index < -0.39 is 4.92 Å². The fourth-order valence-corrected chi connectivity index (χ4v) is 1.12. The number of carbonyl (C=O) groups is 1. The third-order valence-corrected chi connectivity index (χ3v) is 1.75. The maximum absolute atomic E-state index is 10.3. The maximum Gasteiger partial charge on any atom is 0.301 e. The highest BCUT2D eigenvalue weighted by molar-refractivity contribution is 9.10. The molecule has 0 atom stereocenters. The van der Waals surface area contributed by atoms with Crippen molar-refractivity contribution in [3.63, 3.8) is 0 Å². The van der Waals surface area contributed by atoms with Crippen molar-refractivity contribution in [3.05, 3.63) is 32.5 Å². The van der Waals surface area contributed by atoms with Crippen LogP contribution in [0.3, 0.4) is 0 Å². The molecule has 0 fully saturated rings. The predicted molar refractivity (Wildman–Crippen MR) is 44.0 cm³/mol. The first kappa shape index (κ1) is 8.79. The first-order chi connectivity index (χ1) is 5.65. The first-order valence-corrected chi connectivity index (χ1v) is 3.70. The van der Waals surface area contributed by atoms with E-state index in [1.807, 2.05) is 0 Å². The summed E-state index contributed by atoms with van der Waals surface area (Å²) in [4.78, 5) is 23.5. The number of aldehydes is 1. The lowest BCUT2D eigenvalue weighted by molar-refractivity contribution is -0.386. The Balaban J connectivity index is 3.20. The molecule has 1 aromatic heterocycles. The quantitative estimate of drug-likeness (QED) is 0.335. The molecule has 1 rings (SSSR count). The molecule has 62 valence electrons. The van der Waals surface area contributed by atoms with Crippen LogP contribution in [-0.2, 0) is 0 Å². The van der Waals surface area contributed by atoms with Crippen LogP contribution in [0, 0.1) is 10.1 Å². The zero-order valence-corrected chi connectivity index (χ0v) is 7.32. The summed E-state index contributed by atoms with van der Waals surface area (Å²) in [5.41, 5.74) is 0.00748. The summed E-state index contributed by atoms with van der Waals surface area (Å²) in [5, 5.41) is 10.3. The predicted octanol–water partition coefficient (Wildman–Crippen LogP) is 1.56. The van der Waals surface area contributed by atoms with Gasteiger partial charge in [-0.15, -0.1) is 0 Å². The van der Waals surface area contributed by atoms with Gasteiger partial charge in [0, 0.05) is 6.07 Å². The van der Waals surface area contributed by atoms with E-state index >= 15 is 0 Å². The standard InChI is InChI=1S/C6H3BrN2O3/c7-6-5(9(11)12)2-1-4(3-10)8-6/h1-3H. The largest absolute Gasteiger partial charge is 0.301 e. The fraction of sp³-hybridized carbons (Fsp3) is 0. The summed E-state index contributed by atoms with van der Waals surface area (Å²) in [5.74, 6) is 0. The smallest absolute Gasteiger partial charge is 0.296 e. The van der Waals surface area contributed by atoms with Crippen molar-refractivity contribution in [3.8, 4) is 0 Å². The summed E-state index contributed by atoms with van der Waals surface area (Å²) < 4.78 is 0.0668. The average Bonchev–Trinajstić information content (AvgIpc) is 2.03. The normalized spacial score (nSPS) is 9.42. The molecule has 0 N–H and O–H groups in total. The molecule has 0 bridgehead atoms. The fourth-order valence-electron chi connectivity index (χ4n) is 0.643. The number of nitro groups is 1. The highest BCUT2D eigenvalue weighted by Crippen LogP contribution is 2.21. The number of halogens is 1. The van der Waals surface area contributed by atoms with Crippen molar-refractivity contribution in [2.45, 2.75) is 0 Å². The zero-order chi connectivity index (χ0) is 9.14. The van der Waals surface area contributed by atoms with Crippen LogP contribution in [-0.4, -0.2) is 16.2 Å². The van der Waals surface area contributed by atoms with Gasteiger partial charge in [-0.2, -0.15) is 0 Å². The van der Waals surface area contributed by atoms with Gasteiger partial charge >= 0.3 is 5.69 Å². The van der Waals surface area contributed by atoms with E-state index in [2.05, 4.69) is 20.9 Å². The summed E-state index contributed by atoms with van der Waals surface area (Å²) >= 11 is 2.88. The highest BCUT2D eigenvalue weighted by Gasteiger charge is 2.12. The molecular weight excluding hydrogens is 228 g/mol. The van der Waals surface area contributed by atoms with Gasteiger partial charge in [0.1, 0.15) is 5.69 Å². The van der Waals surface area contributed by atoms with Crippen LogP contribution >= 0.6 is 15.9 Å². The van der Waals surface area contributed by atoms with Crippen molar-refractivity contribution in [1.29, 1.82) is 0 Å². The van der Waals surface area contributed by atoms with Crippen molar-refractivity contribution >= 4 is 27.9 Å². The Morgan fingerprint density at radius 2 is 2.25 bits per heavy atom. The Hall–Kier alpha value is -1.30. The van der Waals surface area contributed by atoms with Gasteiger partial charge in [0.25, 0.3) is 0 Å². The van der Waals surface area contributed by atoms with Gasteiger partial charge < -0.3 is 0 Å². The maximum atomic E-state index is 10.3. The van der Waals surface area contributed by atoms with Crippen molar-refractivity contribution in [2.75, 3.05) is 0 Å². The van der Waals surface area contributed by atoms with Gasteiger partial charge in [-0.1, -0.05) is 0 Å². The molecule has 5 nitrogen and oxygen atoms in total. The number of hydrogen-bond donors (Lipinski definition) is 0. The molecule has 0 aliphatic rings. The molecular formula is C6H3BrN2O3. The number of aromatic nitrogens is 1. The second-order valence-electron chi connectivity index (χ2n) is 1.92. The molecule has 0 spiro atoms.